The topological polar surface area (TPSA) is 55.1 Å². The number of anilines is 2. The molecule has 0 aliphatic heterocycles. The van der Waals surface area contributed by atoms with E-state index in [-0.39, 0.29) is 0 Å². The van der Waals surface area contributed by atoms with Gasteiger partial charge in [0.2, 0.25) is 0 Å². The lowest BCUT2D eigenvalue weighted by molar-refractivity contribution is 0.900. The zero-order valence-electron chi connectivity index (χ0n) is 15.8. The number of nitrogens with one attached hydrogen (secondary N) is 1. The molecule has 6 heteroatoms. The third kappa shape index (κ3) is 2.98. The smallest absolute Gasteiger partial charge is 0.254 e. The summed E-state index contributed by atoms with van der Waals surface area (Å²) < 4.78 is 2.96. The minimum atomic E-state index is 0.646. The highest BCUT2D eigenvalue weighted by molar-refractivity contribution is 9.10. The fourth-order valence-electron chi connectivity index (χ4n) is 3.69. The van der Waals surface area contributed by atoms with Crippen molar-refractivity contribution in [3.05, 3.63) is 69.3 Å². The molecule has 28 heavy (non-hydrogen) atoms. The SMILES string of the molecule is Cc1ccc(-c2nc3nc4c(c(Nc5ccc(Br)c(C)c5)n3n2)CCC4)cc1. The molecule has 1 aliphatic rings. The van der Waals surface area contributed by atoms with Gasteiger partial charge in [-0.3, -0.25) is 0 Å². The summed E-state index contributed by atoms with van der Waals surface area (Å²) in [4.78, 5) is 9.51. The molecule has 2 aromatic heterocycles. The molecule has 0 spiro atoms. The van der Waals surface area contributed by atoms with Crippen molar-refractivity contribution in [2.75, 3.05) is 5.32 Å². The first kappa shape index (κ1) is 17.4. The third-order valence-corrected chi connectivity index (χ3v) is 6.13. The number of hydrogen-bond donors (Lipinski definition) is 1. The minimum Gasteiger partial charge on any atom is -0.340 e. The van der Waals surface area contributed by atoms with Gasteiger partial charge in [-0.05, 0) is 56.9 Å². The molecule has 0 bridgehead atoms. The fraction of sp³-hybridized carbons (Fsp3) is 0.227. The molecule has 2 heterocycles. The fourth-order valence-corrected chi connectivity index (χ4v) is 3.94. The lowest BCUT2D eigenvalue weighted by atomic mass is 10.1. The molecular formula is C22H20BrN5. The molecule has 5 nitrogen and oxygen atoms in total. The van der Waals surface area contributed by atoms with Crippen molar-refractivity contribution >= 4 is 33.2 Å². The number of fused-ring (bicyclic) bond motifs is 2. The largest absolute Gasteiger partial charge is 0.340 e. The molecule has 0 saturated carbocycles. The van der Waals surface area contributed by atoms with Crippen LogP contribution < -0.4 is 5.32 Å². The molecule has 1 aliphatic carbocycles. The molecule has 0 radical (unpaired) electrons. The lowest BCUT2D eigenvalue weighted by Crippen LogP contribution is -2.07. The molecule has 0 unspecified atom stereocenters. The van der Waals surface area contributed by atoms with Gasteiger partial charge in [0.1, 0.15) is 5.82 Å². The summed E-state index contributed by atoms with van der Waals surface area (Å²) in [5.41, 5.74) is 6.82. The highest BCUT2D eigenvalue weighted by Crippen LogP contribution is 2.32. The summed E-state index contributed by atoms with van der Waals surface area (Å²) in [6, 6.07) is 14.6. The van der Waals surface area contributed by atoms with E-state index in [9.17, 15) is 0 Å². The summed E-state index contributed by atoms with van der Waals surface area (Å²) in [5, 5.41) is 8.39. The number of aryl methyl sites for hydroxylation is 3. The molecular weight excluding hydrogens is 414 g/mol. The number of nitrogens with zero attached hydrogens (tertiary/aromatic N) is 4. The van der Waals surface area contributed by atoms with E-state index < -0.39 is 0 Å². The molecule has 0 amide bonds. The summed E-state index contributed by atoms with van der Waals surface area (Å²) in [6.07, 6.45) is 3.12. The van der Waals surface area contributed by atoms with Gasteiger partial charge in [-0.2, -0.15) is 9.50 Å². The Labute approximate surface area is 172 Å². The van der Waals surface area contributed by atoms with E-state index >= 15 is 0 Å². The normalized spacial score (nSPS) is 13.1. The molecule has 2 aromatic carbocycles. The van der Waals surface area contributed by atoms with E-state index in [4.69, 9.17) is 15.1 Å². The van der Waals surface area contributed by atoms with E-state index in [1.54, 1.807) is 0 Å². The van der Waals surface area contributed by atoms with Crippen molar-refractivity contribution in [2.45, 2.75) is 33.1 Å². The van der Waals surface area contributed by atoms with Crippen LogP contribution in [0.15, 0.2) is 46.9 Å². The zero-order valence-corrected chi connectivity index (χ0v) is 17.4. The van der Waals surface area contributed by atoms with Gasteiger partial charge in [0.25, 0.3) is 5.78 Å². The number of aromatic nitrogens is 4. The Morgan fingerprint density at radius 3 is 2.61 bits per heavy atom. The van der Waals surface area contributed by atoms with Gasteiger partial charge in [-0.25, -0.2) is 4.98 Å². The quantitative estimate of drug-likeness (QED) is 0.469. The Kier molecular flexibility index (Phi) is 4.16. The molecule has 0 fully saturated rings. The van der Waals surface area contributed by atoms with Crippen LogP contribution in [0.2, 0.25) is 0 Å². The first-order valence-corrected chi connectivity index (χ1v) is 10.3. The summed E-state index contributed by atoms with van der Waals surface area (Å²) in [5.74, 6) is 2.32. The predicted octanol–water partition coefficient (Wildman–Crippen LogP) is 5.40. The standard InChI is InChI=1S/C22H20BrN5/c1-13-6-8-15(9-7-13)20-26-22-25-19-5-3-4-17(19)21(28(22)27-20)24-16-10-11-18(23)14(2)12-16/h6-12,24H,3-5H2,1-2H3. The van der Waals surface area contributed by atoms with Gasteiger partial charge in [-0.1, -0.05) is 45.8 Å². The van der Waals surface area contributed by atoms with E-state index in [1.807, 2.05) is 4.52 Å². The maximum absolute atomic E-state index is 4.80. The van der Waals surface area contributed by atoms with Crippen molar-refractivity contribution in [1.82, 2.24) is 19.6 Å². The van der Waals surface area contributed by atoms with Crippen molar-refractivity contribution < 1.29 is 0 Å². The van der Waals surface area contributed by atoms with Gasteiger partial charge in [-0.15, -0.1) is 5.10 Å². The first-order valence-electron chi connectivity index (χ1n) is 9.47. The average Bonchev–Trinajstić information content (AvgIpc) is 3.32. The Hall–Kier alpha value is -2.73. The Morgan fingerprint density at radius 1 is 1.00 bits per heavy atom. The molecule has 1 N–H and O–H groups in total. The van der Waals surface area contributed by atoms with Crippen molar-refractivity contribution in [2.24, 2.45) is 0 Å². The molecule has 5 rings (SSSR count). The van der Waals surface area contributed by atoms with Crippen molar-refractivity contribution in [1.29, 1.82) is 0 Å². The van der Waals surface area contributed by atoms with Crippen LogP contribution in [0.3, 0.4) is 0 Å². The summed E-state index contributed by atoms with van der Waals surface area (Å²) >= 11 is 3.57. The lowest BCUT2D eigenvalue weighted by Gasteiger charge is -2.13. The van der Waals surface area contributed by atoms with Crippen molar-refractivity contribution in [3.8, 4) is 11.4 Å². The molecule has 0 saturated heterocycles. The van der Waals surface area contributed by atoms with E-state index in [0.717, 1.165) is 46.5 Å². The second-order valence-corrected chi connectivity index (χ2v) is 8.20. The second kappa shape index (κ2) is 6.71. The van der Waals surface area contributed by atoms with Crippen LogP contribution in [-0.4, -0.2) is 19.6 Å². The van der Waals surface area contributed by atoms with Crippen LogP contribution in [0.4, 0.5) is 11.5 Å². The van der Waals surface area contributed by atoms with Crippen LogP contribution in [0.1, 0.15) is 28.8 Å². The Bertz CT molecular complexity index is 1190. The van der Waals surface area contributed by atoms with Gasteiger partial charge in [0, 0.05) is 21.3 Å². The van der Waals surface area contributed by atoms with Crippen LogP contribution in [-0.2, 0) is 12.8 Å². The number of benzene rings is 2. The number of rotatable bonds is 3. The highest BCUT2D eigenvalue weighted by Gasteiger charge is 2.22. The van der Waals surface area contributed by atoms with Crippen LogP contribution >= 0.6 is 15.9 Å². The van der Waals surface area contributed by atoms with Crippen LogP contribution in [0.5, 0.6) is 0 Å². The van der Waals surface area contributed by atoms with Gasteiger partial charge in [0.15, 0.2) is 5.82 Å². The Balaban J connectivity index is 1.65. The predicted molar refractivity (Wildman–Crippen MR) is 115 cm³/mol. The third-order valence-electron chi connectivity index (χ3n) is 5.24. The maximum Gasteiger partial charge on any atom is 0.254 e. The number of hydrogen-bond acceptors (Lipinski definition) is 4. The van der Waals surface area contributed by atoms with E-state index in [2.05, 4.69) is 77.6 Å². The average molecular weight is 434 g/mol. The highest BCUT2D eigenvalue weighted by atomic mass is 79.9. The van der Waals surface area contributed by atoms with Crippen LogP contribution in [0, 0.1) is 13.8 Å². The molecule has 0 atom stereocenters. The minimum absolute atomic E-state index is 0.646. The first-order chi connectivity index (χ1) is 13.6. The molecule has 4 aromatic rings. The van der Waals surface area contributed by atoms with Gasteiger partial charge in [0.05, 0.1) is 5.69 Å². The second-order valence-electron chi connectivity index (χ2n) is 7.34. The molecule has 140 valence electrons. The van der Waals surface area contributed by atoms with Gasteiger partial charge < -0.3 is 5.32 Å². The maximum atomic E-state index is 4.80. The number of halogens is 1. The van der Waals surface area contributed by atoms with E-state index in [0.29, 0.717) is 11.6 Å². The monoisotopic (exact) mass is 433 g/mol. The van der Waals surface area contributed by atoms with Crippen LogP contribution in [0.25, 0.3) is 17.2 Å². The van der Waals surface area contributed by atoms with Gasteiger partial charge >= 0.3 is 0 Å². The summed E-state index contributed by atoms with van der Waals surface area (Å²) in [7, 11) is 0. The summed E-state index contributed by atoms with van der Waals surface area (Å²) in [6.45, 7) is 4.17. The van der Waals surface area contributed by atoms with E-state index in [1.165, 1.54) is 16.7 Å². The Morgan fingerprint density at radius 2 is 1.82 bits per heavy atom. The zero-order chi connectivity index (χ0) is 19.3. The van der Waals surface area contributed by atoms with Crippen molar-refractivity contribution in [3.63, 3.8) is 0 Å².